The Kier molecular flexibility index (Phi) is 5.26. The van der Waals surface area contributed by atoms with E-state index in [4.69, 9.17) is 12.2 Å². The normalized spacial score (nSPS) is 21.7. The molecule has 3 rings (SSSR count). The highest BCUT2D eigenvalue weighted by molar-refractivity contribution is 7.80. The van der Waals surface area contributed by atoms with Crippen LogP contribution in [0.3, 0.4) is 0 Å². The fourth-order valence-corrected chi connectivity index (χ4v) is 4.28. The largest absolute Gasteiger partial charge is 0.362 e. The highest BCUT2D eigenvalue weighted by Crippen LogP contribution is 2.23. The molecule has 3 nitrogen and oxygen atoms in total. The van der Waals surface area contributed by atoms with E-state index in [1.807, 2.05) is 6.07 Å². The molecule has 1 aromatic carbocycles. The van der Waals surface area contributed by atoms with Crippen molar-refractivity contribution < 1.29 is 0 Å². The van der Waals surface area contributed by atoms with Crippen LogP contribution in [0.15, 0.2) is 24.3 Å². The fraction of sp³-hybridized carbons (Fsp3) is 0.529. The van der Waals surface area contributed by atoms with Gasteiger partial charge in [0, 0.05) is 19.0 Å². The lowest BCUT2D eigenvalue weighted by molar-refractivity contribution is 0.308. The summed E-state index contributed by atoms with van der Waals surface area (Å²) >= 11 is 7.20. The van der Waals surface area contributed by atoms with Gasteiger partial charge in [0.05, 0.1) is 15.2 Å². The van der Waals surface area contributed by atoms with Gasteiger partial charge in [0.25, 0.3) is 0 Å². The summed E-state index contributed by atoms with van der Waals surface area (Å²) in [5.41, 5.74) is 1.10. The maximum atomic E-state index is 5.43. The molecule has 1 aliphatic rings. The lowest BCUT2D eigenvalue weighted by Crippen LogP contribution is -2.46. The fourth-order valence-electron chi connectivity index (χ4n) is 3.06. The minimum atomic E-state index is 0.538. The van der Waals surface area contributed by atoms with E-state index < -0.39 is 0 Å². The number of hydrogen-bond donors (Lipinski definition) is 2. The van der Waals surface area contributed by atoms with Gasteiger partial charge in [-0.05, 0) is 43.1 Å². The molecule has 1 aromatic heterocycles. The molecule has 0 amide bonds. The average Bonchev–Trinajstić information content (AvgIpc) is 2.92. The van der Waals surface area contributed by atoms with Gasteiger partial charge >= 0.3 is 0 Å². The Bertz CT molecular complexity index is 605. The number of nitrogens with zero attached hydrogens (tertiary/aromatic N) is 1. The average molecular weight is 334 g/mol. The maximum absolute atomic E-state index is 5.43. The summed E-state index contributed by atoms with van der Waals surface area (Å²) in [5.74, 6) is 0.720. The van der Waals surface area contributed by atoms with E-state index in [1.165, 1.54) is 35.4 Å². The summed E-state index contributed by atoms with van der Waals surface area (Å²) in [6.07, 6.45) is 6.14. The van der Waals surface area contributed by atoms with Crippen molar-refractivity contribution in [2.45, 2.75) is 45.1 Å². The third-order valence-corrected chi connectivity index (χ3v) is 5.75. The molecule has 1 heterocycles. The molecule has 0 spiro atoms. The predicted molar refractivity (Wildman–Crippen MR) is 98.5 cm³/mol. The molecule has 0 saturated heterocycles. The zero-order chi connectivity index (χ0) is 15.4. The third kappa shape index (κ3) is 3.96. The molecule has 1 fully saturated rings. The van der Waals surface area contributed by atoms with Crippen molar-refractivity contribution in [1.82, 2.24) is 15.6 Å². The van der Waals surface area contributed by atoms with Gasteiger partial charge in [-0.3, -0.25) is 0 Å². The summed E-state index contributed by atoms with van der Waals surface area (Å²) in [6, 6.07) is 8.83. The molecular weight excluding hydrogens is 310 g/mol. The number of thiazole rings is 1. The van der Waals surface area contributed by atoms with Crippen LogP contribution in [0.2, 0.25) is 0 Å². The SMILES string of the molecule is C[C@H]1CCCC[C@@H]1NC(=S)NCCc1nc2ccccc2s1. The second-order valence-electron chi connectivity index (χ2n) is 6.09. The first kappa shape index (κ1) is 15.7. The molecule has 22 heavy (non-hydrogen) atoms. The highest BCUT2D eigenvalue weighted by atomic mass is 32.1. The van der Waals surface area contributed by atoms with E-state index in [9.17, 15) is 0 Å². The summed E-state index contributed by atoms with van der Waals surface area (Å²) in [7, 11) is 0. The Morgan fingerprint density at radius 3 is 2.95 bits per heavy atom. The molecule has 5 heteroatoms. The lowest BCUT2D eigenvalue weighted by atomic mass is 9.86. The van der Waals surface area contributed by atoms with Crippen LogP contribution in [0.4, 0.5) is 0 Å². The highest BCUT2D eigenvalue weighted by Gasteiger charge is 2.21. The first-order valence-corrected chi connectivity index (χ1v) is 9.33. The van der Waals surface area contributed by atoms with Crippen LogP contribution in [0, 0.1) is 5.92 Å². The lowest BCUT2D eigenvalue weighted by Gasteiger charge is -2.30. The van der Waals surface area contributed by atoms with Crippen LogP contribution >= 0.6 is 23.6 Å². The number of aromatic nitrogens is 1. The Morgan fingerprint density at radius 1 is 1.32 bits per heavy atom. The van der Waals surface area contributed by atoms with Crippen molar-refractivity contribution in [2.75, 3.05) is 6.54 Å². The number of para-hydroxylation sites is 1. The molecule has 0 aliphatic heterocycles. The monoisotopic (exact) mass is 333 g/mol. The van der Waals surface area contributed by atoms with Crippen molar-refractivity contribution in [1.29, 1.82) is 0 Å². The van der Waals surface area contributed by atoms with Crippen LogP contribution in [0.5, 0.6) is 0 Å². The van der Waals surface area contributed by atoms with Crippen molar-refractivity contribution in [3.8, 4) is 0 Å². The van der Waals surface area contributed by atoms with Gasteiger partial charge < -0.3 is 10.6 Å². The van der Waals surface area contributed by atoms with Gasteiger partial charge in [-0.15, -0.1) is 11.3 Å². The molecule has 2 atom stereocenters. The van der Waals surface area contributed by atoms with E-state index in [0.29, 0.717) is 6.04 Å². The smallest absolute Gasteiger partial charge is 0.166 e. The maximum Gasteiger partial charge on any atom is 0.166 e. The van der Waals surface area contributed by atoms with Crippen molar-refractivity contribution in [2.24, 2.45) is 5.92 Å². The number of nitrogens with one attached hydrogen (secondary N) is 2. The van der Waals surface area contributed by atoms with Crippen LogP contribution < -0.4 is 10.6 Å². The second kappa shape index (κ2) is 7.38. The van der Waals surface area contributed by atoms with E-state index in [2.05, 4.69) is 40.7 Å². The minimum absolute atomic E-state index is 0.538. The molecule has 0 unspecified atom stereocenters. The zero-order valence-electron chi connectivity index (χ0n) is 13.0. The summed E-state index contributed by atoms with van der Waals surface area (Å²) in [4.78, 5) is 4.65. The summed E-state index contributed by atoms with van der Waals surface area (Å²) in [5, 5.41) is 8.78. The van der Waals surface area contributed by atoms with Crippen LogP contribution in [-0.2, 0) is 6.42 Å². The number of hydrogen-bond acceptors (Lipinski definition) is 3. The van der Waals surface area contributed by atoms with Crippen LogP contribution in [-0.4, -0.2) is 22.7 Å². The number of rotatable bonds is 4. The molecular formula is C17H23N3S2. The first-order chi connectivity index (χ1) is 10.7. The number of thiocarbonyl (C=S) groups is 1. The van der Waals surface area contributed by atoms with E-state index in [-0.39, 0.29) is 0 Å². The van der Waals surface area contributed by atoms with Crippen molar-refractivity contribution in [3.05, 3.63) is 29.3 Å². The van der Waals surface area contributed by atoms with E-state index in [0.717, 1.165) is 29.5 Å². The van der Waals surface area contributed by atoms with Gasteiger partial charge in [0.15, 0.2) is 5.11 Å². The molecule has 0 radical (unpaired) electrons. The third-order valence-electron chi connectivity index (χ3n) is 4.39. The van der Waals surface area contributed by atoms with E-state index >= 15 is 0 Å². The topological polar surface area (TPSA) is 37.0 Å². The molecule has 1 aliphatic carbocycles. The van der Waals surface area contributed by atoms with Crippen LogP contribution in [0.25, 0.3) is 10.2 Å². The Labute approximate surface area is 141 Å². The Morgan fingerprint density at radius 2 is 2.14 bits per heavy atom. The molecule has 2 N–H and O–H groups in total. The second-order valence-corrected chi connectivity index (χ2v) is 7.62. The first-order valence-electron chi connectivity index (χ1n) is 8.11. The molecule has 118 valence electrons. The quantitative estimate of drug-likeness (QED) is 0.833. The Hall–Kier alpha value is -1.20. The van der Waals surface area contributed by atoms with Gasteiger partial charge in [-0.1, -0.05) is 31.9 Å². The zero-order valence-corrected chi connectivity index (χ0v) is 14.6. The number of fused-ring (bicyclic) bond motifs is 1. The molecule has 1 saturated carbocycles. The Balaban J connectivity index is 1.45. The van der Waals surface area contributed by atoms with Gasteiger partial charge in [0.1, 0.15) is 0 Å². The molecule has 0 bridgehead atoms. The number of benzene rings is 1. The molecule has 2 aromatic rings. The van der Waals surface area contributed by atoms with E-state index in [1.54, 1.807) is 11.3 Å². The van der Waals surface area contributed by atoms with Gasteiger partial charge in [-0.25, -0.2) is 4.98 Å². The predicted octanol–water partition coefficient (Wildman–Crippen LogP) is 3.88. The minimum Gasteiger partial charge on any atom is -0.362 e. The van der Waals surface area contributed by atoms with Gasteiger partial charge in [-0.2, -0.15) is 0 Å². The summed E-state index contributed by atoms with van der Waals surface area (Å²) in [6.45, 7) is 3.16. The van der Waals surface area contributed by atoms with Crippen LogP contribution in [0.1, 0.15) is 37.6 Å². The standard InChI is InChI=1S/C17H23N3S2/c1-12-6-2-3-7-13(12)20-17(21)18-11-10-16-19-14-8-4-5-9-15(14)22-16/h4-5,8-9,12-13H,2-3,6-7,10-11H2,1H3,(H2,18,20,21)/t12-,13-/m0/s1. The van der Waals surface area contributed by atoms with Crippen molar-refractivity contribution in [3.63, 3.8) is 0 Å². The van der Waals surface area contributed by atoms with Crippen molar-refractivity contribution >= 4 is 38.9 Å². The summed E-state index contributed by atoms with van der Waals surface area (Å²) < 4.78 is 1.26. The van der Waals surface area contributed by atoms with Gasteiger partial charge in [0.2, 0.25) is 0 Å².